The van der Waals surface area contributed by atoms with Crippen LogP contribution in [0, 0.1) is 0 Å². The molecule has 6 nitrogen and oxygen atoms in total. The number of likely N-dealkylation sites (N-methyl/N-ethyl adjacent to an activating group) is 1. The smallest absolute Gasteiger partial charge is 0.231 e. The topological polar surface area (TPSA) is 80.8 Å². The van der Waals surface area contributed by atoms with Gasteiger partial charge in [0.1, 0.15) is 0 Å². The van der Waals surface area contributed by atoms with E-state index < -0.39 is 0 Å². The van der Waals surface area contributed by atoms with Gasteiger partial charge in [-0.3, -0.25) is 4.98 Å². The molecule has 0 aliphatic rings. The molecular formula is C11H13ClN6. The highest BCUT2D eigenvalue weighted by Crippen LogP contribution is 2.11. The zero-order chi connectivity index (χ0) is 13.0. The molecule has 2 heterocycles. The summed E-state index contributed by atoms with van der Waals surface area (Å²) < 4.78 is 0. The summed E-state index contributed by atoms with van der Waals surface area (Å²) in [7, 11) is 1.88. The fourth-order valence-corrected chi connectivity index (χ4v) is 1.63. The van der Waals surface area contributed by atoms with Gasteiger partial charge in [0.15, 0.2) is 0 Å². The van der Waals surface area contributed by atoms with Gasteiger partial charge in [-0.25, -0.2) is 0 Å². The number of anilines is 2. The standard InChI is InChI=1S/C11H13ClN6/c1-18(7-4-8-2-5-14-6-3-8)11-16-9(12)15-10(13)17-11/h2-3,5-6H,4,7H2,1H3,(H2,13,15,16,17). The predicted octanol–water partition coefficient (Wildman–Crippen LogP) is 1.18. The molecule has 94 valence electrons. The normalized spacial score (nSPS) is 10.3. The number of aromatic nitrogens is 4. The lowest BCUT2D eigenvalue weighted by molar-refractivity contribution is 0.830. The Hall–Kier alpha value is -1.95. The first-order valence-electron chi connectivity index (χ1n) is 5.42. The highest BCUT2D eigenvalue weighted by molar-refractivity contribution is 6.28. The Labute approximate surface area is 110 Å². The van der Waals surface area contributed by atoms with Crippen LogP contribution >= 0.6 is 11.6 Å². The second-order valence-electron chi connectivity index (χ2n) is 3.79. The Morgan fingerprint density at radius 3 is 2.61 bits per heavy atom. The number of hydrogen-bond acceptors (Lipinski definition) is 6. The monoisotopic (exact) mass is 264 g/mol. The molecule has 0 saturated heterocycles. The minimum Gasteiger partial charge on any atom is -0.368 e. The van der Waals surface area contributed by atoms with Crippen molar-refractivity contribution in [2.24, 2.45) is 0 Å². The van der Waals surface area contributed by atoms with Crippen molar-refractivity contribution in [2.45, 2.75) is 6.42 Å². The van der Waals surface area contributed by atoms with E-state index in [0.717, 1.165) is 13.0 Å². The maximum absolute atomic E-state index is 5.73. The zero-order valence-electron chi connectivity index (χ0n) is 9.91. The molecule has 0 spiro atoms. The maximum Gasteiger partial charge on any atom is 0.231 e. The lowest BCUT2D eigenvalue weighted by atomic mass is 10.2. The molecule has 0 aliphatic carbocycles. The third-order valence-electron chi connectivity index (χ3n) is 2.44. The molecule has 0 bridgehead atoms. The van der Waals surface area contributed by atoms with Crippen LogP contribution in [0.5, 0.6) is 0 Å². The van der Waals surface area contributed by atoms with E-state index in [-0.39, 0.29) is 11.2 Å². The summed E-state index contributed by atoms with van der Waals surface area (Å²) in [5, 5.41) is 0.105. The molecule has 0 aromatic carbocycles. The van der Waals surface area contributed by atoms with Crippen LogP contribution in [0.15, 0.2) is 24.5 Å². The van der Waals surface area contributed by atoms with Crippen molar-refractivity contribution >= 4 is 23.5 Å². The SMILES string of the molecule is CN(CCc1ccncc1)c1nc(N)nc(Cl)n1. The van der Waals surface area contributed by atoms with Gasteiger partial charge < -0.3 is 10.6 Å². The van der Waals surface area contributed by atoms with E-state index in [1.165, 1.54) is 5.56 Å². The lowest BCUT2D eigenvalue weighted by Gasteiger charge is -2.16. The maximum atomic E-state index is 5.73. The van der Waals surface area contributed by atoms with E-state index in [1.807, 2.05) is 24.1 Å². The van der Waals surface area contributed by atoms with E-state index in [4.69, 9.17) is 17.3 Å². The van der Waals surface area contributed by atoms with Crippen LogP contribution in [-0.4, -0.2) is 33.5 Å². The van der Waals surface area contributed by atoms with E-state index in [1.54, 1.807) is 12.4 Å². The summed E-state index contributed by atoms with van der Waals surface area (Å²) in [6, 6.07) is 3.95. The summed E-state index contributed by atoms with van der Waals surface area (Å²) >= 11 is 5.73. The summed E-state index contributed by atoms with van der Waals surface area (Å²) in [6.07, 6.45) is 4.41. The van der Waals surface area contributed by atoms with Crippen LogP contribution in [0.1, 0.15) is 5.56 Å². The van der Waals surface area contributed by atoms with Crippen LogP contribution in [0.2, 0.25) is 5.28 Å². The van der Waals surface area contributed by atoms with Gasteiger partial charge >= 0.3 is 0 Å². The van der Waals surface area contributed by atoms with Crippen LogP contribution in [0.25, 0.3) is 0 Å². The lowest BCUT2D eigenvalue weighted by Crippen LogP contribution is -2.23. The van der Waals surface area contributed by atoms with Crippen LogP contribution < -0.4 is 10.6 Å². The number of pyridine rings is 1. The molecule has 0 amide bonds. The number of nitrogen functional groups attached to an aromatic ring is 1. The zero-order valence-corrected chi connectivity index (χ0v) is 10.7. The van der Waals surface area contributed by atoms with Crippen molar-refractivity contribution in [1.82, 2.24) is 19.9 Å². The number of hydrogen-bond donors (Lipinski definition) is 1. The highest BCUT2D eigenvalue weighted by Gasteiger charge is 2.07. The molecule has 2 aromatic heterocycles. The quantitative estimate of drug-likeness (QED) is 0.893. The molecule has 7 heteroatoms. The number of nitrogens with two attached hydrogens (primary N) is 1. The third kappa shape index (κ3) is 3.27. The van der Waals surface area contributed by atoms with Crippen molar-refractivity contribution in [3.8, 4) is 0 Å². The molecule has 0 atom stereocenters. The Balaban J connectivity index is 2.01. The van der Waals surface area contributed by atoms with Crippen molar-refractivity contribution in [3.63, 3.8) is 0 Å². The van der Waals surface area contributed by atoms with Crippen LogP contribution in [0.3, 0.4) is 0 Å². The Morgan fingerprint density at radius 1 is 1.22 bits per heavy atom. The first kappa shape index (κ1) is 12.5. The summed E-state index contributed by atoms with van der Waals surface area (Å²) in [5.74, 6) is 0.599. The van der Waals surface area contributed by atoms with Gasteiger partial charge in [0.05, 0.1) is 0 Å². The minimum atomic E-state index is 0.105. The van der Waals surface area contributed by atoms with E-state index >= 15 is 0 Å². The number of nitrogens with zero attached hydrogens (tertiary/aromatic N) is 5. The first-order valence-corrected chi connectivity index (χ1v) is 5.80. The molecule has 0 aliphatic heterocycles. The van der Waals surface area contributed by atoms with Crippen molar-refractivity contribution in [1.29, 1.82) is 0 Å². The summed E-state index contributed by atoms with van der Waals surface area (Å²) in [4.78, 5) is 17.6. The average molecular weight is 265 g/mol. The van der Waals surface area contributed by atoms with Crippen LogP contribution in [-0.2, 0) is 6.42 Å². The second kappa shape index (κ2) is 5.59. The van der Waals surface area contributed by atoms with Gasteiger partial charge in [0.25, 0.3) is 0 Å². The van der Waals surface area contributed by atoms with Crippen molar-refractivity contribution in [3.05, 3.63) is 35.4 Å². The van der Waals surface area contributed by atoms with Crippen LogP contribution in [0.4, 0.5) is 11.9 Å². The number of rotatable bonds is 4. The van der Waals surface area contributed by atoms with Crippen molar-refractivity contribution < 1.29 is 0 Å². The molecule has 18 heavy (non-hydrogen) atoms. The summed E-state index contributed by atoms with van der Waals surface area (Å²) in [6.45, 7) is 0.754. The van der Waals surface area contributed by atoms with E-state index in [0.29, 0.717) is 5.95 Å². The first-order chi connectivity index (χ1) is 8.65. The highest BCUT2D eigenvalue weighted by atomic mass is 35.5. The fourth-order valence-electron chi connectivity index (χ4n) is 1.47. The molecule has 2 N–H and O–H groups in total. The largest absolute Gasteiger partial charge is 0.368 e. The second-order valence-corrected chi connectivity index (χ2v) is 4.13. The average Bonchev–Trinajstić information content (AvgIpc) is 2.36. The van der Waals surface area contributed by atoms with Gasteiger partial charge in [-0.1, -0.05) is 0 Å². The third-order valence-corrected chi connectivity index (χ3v) is 2.61. The minimum absolute atomic E-state index is 0.105. The van der Waals surface area contributed by atoms with Crippen molar-refractivity contribution in [2.75, 3.05) is 24.2 Å². The fraction of sp³-hybridized carbons (Fsp3) is 0.273. The van der Waals surface area contributed by atoms with Gasteiger partial charge in [0.2, 0.25) is 17.2 Å². The molecule has 0 unspecified atom stereocenters. The predicted molar refractivity (Wildman–Crippen MR) is 70.5 cm³/mol. The van der Waals surface area contributed by atoms with Gasteiger partial charge in [0, 0.05) is 26.0 Å². The Morgan fingerprint density at radius 2 is 1.94 bits per heavy atom. The summed E-state index contributed by atoms with van der Waals surface area (Å²) in [5.41, 5.74) is 6.72. The Bertz CT molecular complexity index is 498. The molecular weight excluding hydrogens is 252 g/mol. The van der Waals surface area contributed by atoms with Gasteiger partial charge in [-0.15, -0.1) is 0 Å². The number of halogens is 1. The molecule has 2 rings (SSSR count). The van der Waals surface area contributed by atoms with E-state index in [2.05, 4.69) is 19.9 Å². The molecule has 0 saturated carbocycles. The molecule has 0 radical (unpaired) electrons. The molecule has 0 fully saturated rings. The van der Waals surface area contributed by atoms with E-state index in [9.17, 15) is 0 Å². The molecule has 2 aromatic rings. The van der Waals surface area contributed by atoms with Gasteiger partial charge in [-0.05, 0) is 35.7 Å². The Kier molecular flexibility index (Phi) is 3.88. The van der Waals surface area contributed by atoms with Gasteiger partial charge in [-0.2, -0.15) is 15.0 Å².